The van der Waals surface area contributed by atoms with Crippen molar-refractivity contribution in [3.05, 3.63) is 23.3 Å². The summed E-state index contributed by atoms with van der Waals surface area (Å²) in [4.78, 5) is 16.5. The highest BCUT2D eigenvalue weighted by Crippen LogP contribution is 2.44. The number of rotatable bonds is 1. The number of ether oxygens (including phenoxy) is 1. The van der Waals surface area contributed by atoms with Crippen molar-refractivity contribution < 1.29 is 9.53 Å². The van der Waals surface area contributed by atoms with E-state index in [2.05, 4.69) is 36.7 Å². The first-order valence-corrected chi connectivity index (χ1v) is 8.48. The minimum Gasteiger partial charge on any atom is -0.450 e. The molecular formula is C19H26N2O2. The van der Waals surface area contributed by atoms with Gasteiger partial charge in [-0.15, -0.1) is 0 Å². The maximum absolute atomic E-state index is 12.0. The first-order chi connectivity index (χ1) is 10.9. The van der Waals surface area contributed by atoms with Gasteiger partial charge in [0.05, 0.1) is 12.6 Å². The van der Waals surface area contributed by atoms with E-state index < -0.39 is 5.60 Å². The van der Waals surface area contributed by atoms with Crippen LogP contribution in [0.4, 0.5) is 0 Å². The maximum Gasteiger partial charge on any atom is 0.332 e. The molecule has 0 saturated carbocycles. The molecule has 1 saturated heterocycles. The molecular weight excluding hydrogens is 288 g/mol. The second-order valence-electron chi connectivity index (χ2n) is 7.20. The Morgan fingerprint density at radius 1 is 1.43 bits per heavy atom. The quantitative estimate of drug-likeness (QED) is 0.547. The van der Waals surface area contributed by atoms with Crippen molar-refractivity contribution >= 4 is 5.97 Å². The molecule has 124 valence electrons. The van der Waals surface area contributed by atoms with Gasteiger partial charge in [-0.1, -0.05) is 24.3 Å². The predicted octanol–water partition coefficient (Wildman–Crippen LogP) is 1.98. The SMILES string of the molecule is C[C@H]1C=C(C#CCN(C)C)C2=CC(=O)O[C@]2(C)C2CCCCN21. The largest absolute Gasteiger partial charge is 0.450 e. The molecule has 4 nitrogen and oxygen atoms in total. The highest BCUT2D eigenvalue weighted by atomic mass is 16.6. The molecule has 0 N–H and O–H groups in total. The van der Waals surface area contributed by atoms with E-state index >= 15 is 0 Å². The third kappa shape index (κ3) is 2.96. The summed E-state index contributed by atoms with van der Waals surface area (Å²) >= 11 is 0. The van der Waals surface area contributed by atoms with Crippen LogP contribution in [0.2, 0.25) is 0 Å². The topological polar surface area (TPSA) is 32.8 Å². The van der Waals surface area contributed by atoms with Gasteiger partial charge < -0.3 is 4.74 Å². The van der Waals surface area contributed by atoms with Crippen LogP contribution in [0, 0.1) is 11.8 Å². The van der Waals surface area contributed by atoms with E-state index in [1.807, 2.05) is 19.0 Å². The molecule has 1 fully saturated rings. The number of carbonyl (C=O) groups excluding carboxylic acids is 1. The van der Waals surface area contributed by atoms with Crippen molar-refractivity contribution in [1.29, 1.82) is 0 Å². The first-order valence-electron chi connectivity index (χ1n) is 8.48. The molecule has 3 rings (SSSR count). The van der Waals surface area contributed by atoms with Crippen molar-refractivity contribution in [2.45, 2.75) is 50.8 Å². The zero-order valence-electron chi connectivity index (χ0n) is 14.6. The van der Waals surface area contributed by atoms with Gasteiger partial charge in [0.2, 0.25) is 0 Å². The maximum atomic E-state index is 12.0. The standard InChI is InChI=1S/C19H26N2O2/c1-14-12-15(8-7-10-20(3)4)16-13-18(22)23-19(16,2)17-9-5-6-11-21(14)17/h12-14,17H,5-6,9-11H2,1-4H3/t14-,17?,19-/m0/s1. The number of esters is 1. The van der Waals surface area contributed by atoms with Crippen LogP contribution in [0.15, 0.2) is 23.3 Å². The molecule has 0 bridgehead atoms. The van der Waals surface area contributed by atoms with Gasteiger partial charge in [-0.05, 0) is 47.3 Å². The number of hydrogen-bond acceptors (Lipinski definition) is 4. The highest BCUT2D eigenvalue weighted by Gasteiger charge is 2.51. The molecule has 0 aromatic rings. The number of carbonyl (C=O) groups is 1. The van der Waals surface area contributed by atoms with E-state index in [9.17, 15) is 4.79 Å². The van der Waals surface area contributed by atoms with Crippen molar-refractivity contribution in [2.75, 3.05) is 27.2 Å². The van der Waals surface area contributed by atoms with Crippen LogP contribution in [0.25, 0.3) is 0 Å². The average molecular weight is 314 g/mol. The molecule has 3 aliphatic rings. The van der Waals surface area contributed by atoms with Crippen LogP contribution >= 0.6 is 0 Å². The Labute approximate surface area is 139 Å². The molecule has 3 heterocycles. The molecule has 1 unspecified atom stereocenters. The first kappa shape index (κ1) is 16.3. The predicted molar refractivity (Wildman–Crippen MR) is 90.8 cm³/mol. The summed E-state index contributed by atoms with van der Waals surface area (Å²) in [6.07, 6.45) is 7.33. The summed E-state index contributed by atoms with van der Waals surface area (Å²) in [5.74, 6) is 6.27. The van der Waals surface area contributed by atoms with E-state index in [-0.39, 0.29) is 12.0 Å². The highest BCUT2D eigenvalue weighted by molar-refractivity contribution is 5.89. The second-order valence-corrected chi connectivity index (χ2v) is 7.20. The summed E-state index contributed by atoms with van der Waals surface area (Å²) in [5.41, 5.74) is 1.36. The van der Waals surface area contributed by atoms with Gasteiger partial charge in [0.15, 0.2) is 5.60 Å². The van der Waals surface area contributed by atoms with Crippen LogP contribution in [0.5, 0.6) is 0 Å². The molecule has 4 heteroatoms. The Balaban J connectivity index is 2.02. The van der Waals surface area contributed by atoms with Gasteiger partial charge in [0, 0.05) is 23.3 Å². The third-order valence-electron chi connectivity index (χ3n) is 5.13. The monoisotopic (exact) mass is 314 g/mol. The normalized spacial score (nSPS) is 33.7. The van der Waals surface area contributed by atoms with Crippen LogP contribution in [-0.2, 0) is 9.53 Å². The van der Waals surface area contributed by atoms with Gasteiger partial charge in [-0.3, -0.25) is 9.80 Å². The molecule has 0 aromatic carbocycles. The third-order valence-corrected chi connectivity index (χ3v) is 5.13. The lowest BCUT2D eigenvalue weighted by Gasteiger charge is -2.45. The average Bonchev–Trinajstić information content (AvgIpc) is 2.78. The lowest BCUT2D eigenvalue weighted by molar-refractivity contribution is -0.151. The molecule has 0 radical (unpaired) electrons. The number of nitrogens with zero attached hydrogens (tertiary/aromatic N) is 2. The Hall–Kier alpha value is -1.57. The Morgan fingerprint density at radius 3 is 2.96 bits per heavy atom. The molecule has 3 aliphatic heterocycles. The van der Waals surface area contributed by atoms with Crippen LogP contribution in [0.3, 0.4) is 0 Å². The fourth-order valence-corrected chi connectivity index (χ4v) is 4.01. The Morgan fingerprint density at radius 2 is 2.22 bits per heavy atom. The van der Waals surface area contributed by atoms with Crippen LogP contribution in [0.1, 0.15) is 33.1 Å². The van der Waals surface area contributed by atoms with Crippen LogP contribution in [-0.4, -0.2) is 60.6 Å². The fraction of sp³-hybridized carbons (Fsp3) is 0.632. The second kappa shape index (κ2) is 6.14. The minimum absolute atomic E-state index is 0.233. The van der Waals surface area contributed by atoms with Gasteiger partial charge in [0.1, 0.15) is 0 Å². The van der Waals surface area contributed by atoms with Crippen molar-refractivity contribution in [2.24, 2.45) is 0 Å². The molecule has 0 spiro atoms. The molecule has 0 aromatic heterocycles. The number of hydrogen-bond donors (Lipinski definition) is 0. The van der Waals surface area contributed by atoms with Crippen molar-refractivity contribution in [3.63, 3.8) is 0 Å². The molecule has 0 aliphatic carbocycles. The Bertz CT molecular complexity index is 623. The van der Waals surface area contributed by atoms with E-state index in [0.29, 0.717) is 12.6 Å². The molecule has 0 amide bonds. The lowest BCUT2D eigenvalue weighted by atomic mass is 9.81. The van der Waals surface area contributed by atoms with Crippen molar-refractivity contribution in [1.82, 2.24) is 9.80 Å². The van der Waals surface area contributed by atoms with E-state index in [1.54, 1.807) is 6.08 Å². The summed E-state index contributed by atoms with van der Waals surface area (Å²) in [6.45, 7) is 6.05. The summed E-state index contributed by atoms with van der Waals surface area (Å²) in [6, 6.07) is 0.555. The number of piperidine rings is 1. The zero-order valence-corrected chi connectivity index (χ0v) is 14.6. The summed E-state index contributed by atoms with van der Waals surface area (Å²) < 4.78 is 5.82. The van der Waals surface area contributed by atoms with Gasteiger partial charge in [0.25, 0.3) is 0 Å². The number of fused-ring (bicyclic) bond motifs is 3. The van der Waals surface area contributed by atoms with Gasteiger partial charge in [-0.25, -0.2) is 4.79 Å². The smallest absolute Gasteiger partial charge is 0.332 e. The lowest BCUT2D eigenvalue weighted by Crippen LogP contribution is -2.55. The van der Waals surface area contributed by atoms with Gasteiger partial charge in [-0.2, -0.15) is 0 Å². The van der Waals surface area contributed by atoms with Crippen LogP contribution < -0.4 is 0 Å². The molecule has 23 heavy (non-hydrogen) atoms. The zero-order chi connectivity index (χ0) is 16.6. The minimum atomic E-state index is -0.569. The summed E-state index contributed by atoms with van der Waals surface area (Å²) in [7, 11) is 4.01. The summed E-state index contributed by atoms with van der Waals surface area (Å²) in [5, 5.41) is 0. The molecule has 3 atom stereocenters. The fourth-order valence-electron chi connectivity index (χ4n) is 4.01. The van der Waals surface area contributed by atoms with E-state index in [4.69, 9.17) is 4.74 Å². The van der Waals surface area contributed by atoms with Gasteiger partial charge >= 0.3 is 5.97 Å². The Kier molecular flexibility index (Phi) is 4.35. The van der Waals surface area contributed by atoms with E-state index in [0.717, 1.165) is 24.1 Å². The van der Waals surface area contributed by atoms with E-state index in [1.165, 1.54) is 12.8 Å². The van der Waals surface area contributed by atoms with Crippen molar-refractivity contribution in [3.8, 4) is 11.8 Å².